The number of aryl methyl sites for hydroxylation is 2. The van der Waals surface area contributed by atoms with Crippen LogP contribution in [0.4, 0.5) is 0 Å². The average molecular weight is 349 g/mol. The molecule has 3 N–H and O–H groups in total. The van der Waals surface area contributed by atoms with E-state index in [0.717, 1.165) is 22.2 Å². The van der Waals surface area contributed by atoms with Gasteiger partial charge in [0, 0.05) is 4.47 Å². The Balaban J connectivity index is 2.30. The lowest BCUT2D eigenvalue weighted by Crippen LogP contribution is -2.29. The van der Waals surface area contributed by atoms with E-state index in [-0.39, 0.29) is 6.04 Å². The second kappa shape index (κ2) is 7.07. The first-order valence-corrected chi connectivity index (χ1v) is 7.69. The van der Waals surface area contributed by atoms with E-state index in [1.165, 1.54) is 16.7 Å². The van der Waals surface area contributed by atoms with Gasteiger partial charge in [0.05, 0.1) is 13.2 Å². The minimum absolute atomic E-state index is 0.0620. The third kappa shape index (κ3) is 4.06. The number of ether oxygens (including phenoxy) is 1. The molecule has 0 aliphatic carbocycles. The highest BCUT2D eigenvalue weighted by molar-refractivity contribution is 9.10. The summed E-state index contributed by atoms with van der Waals surface area (Å²) in [5.74, 6) is 6.63. The van der Waals surface area contributed by atoms with E-state index in [4.69, 9.17) is 10.6 Å². The minimum atomic E-state index is 0.0620. The van der Waals surface area contributed by atoms with Gasteiger partial charge in [0.1, 0.15) is 5.75 Å². The van der Waals surface area contributed by atoms with E-state index in [9.17, 15) is 0 Å². The van der Waals surface area contributed by atoms with E-state index in [0.29, 0.717) is 0 Å². The summed E-state index contributed by atoms with van der Waals surface area (Å²) in [6.07, 6.45) is 0.789. The van der Waals surface area contributed by atoms with Crippen LogP contribution in [0.3, 0.4) is 0 Å². The summed E-state index contributed by atoms with van der Waals surface area (Å²) in [6.45, 7) is 4.21. The SMILES string of the molecule is COc1ccc(Br)c(CC(NN)c2cc(C)cc(C)c2)c1. The van der Waals surface area contributed by atoms with Crippen molar-refractivity contribution in [3.05, 3.63) is 63.1 Å². The van der Waals surface area contributed by atoms with Crippen LogP contribution < -0.4 is 16.0 Å². The second-order valence-electron chi connectivity index (χ2n) is 5.30. The monoisotopic (exact) mass is 348 g/mol. The van der Waals surface area contributed by atoms with Crippen molar-refractivity contribution in [2.24, 2.45) is 5.84 Å². The van der Waals surface area contributed by atoms with Crippen molar-refractivity contribution in [2.45, 2.75) is 26.3 Å². The Labute approximate surface area is 134 Å². The third-order valence-electron chi connectivity index (χ3n) is 3.52. The number of rotatable bonds is 5. The highest BCUT2D eigenvalue weighted by Crippen LogP contribution is 2.28. The maximum absolute atomic E-state index is 5.78. The van der Waals surface area contributed by atoms with Gasteiger partial charge in [0.25, 0.3) is 0 Å². The molecule has 1 unspecified atom stereocenters. The molecule has 21 heavy (non-hydrogen) atoms. The summed E-state index contributed by atoms with van der Waals surface area (Å²) in [7, 11) is 1.68. The lowest BCUT2D eigenvalue weighted by atomic mass is 9.96. The molecule has 0 aliphatic rings. The van der Waals surface area contributed by atoms with Crippen LogP contribution in [0.5, 0.6) is 5.75 Å². The Morgan fingerprint density at radius 2 is 1.81 bits per heavy atom. The van der Waals surface area contributed by atoms with Crippen LogP contribution in [0.1, 0.15) is 28.3 Å². The summed E-state index contributed by atoms with van der Waals surface area (Å²) in [5, 5.41) is 0. The van der Waals surface area contributed by atoms with Gasteiger partial charge in [-0.1, -0.05) is 45.3 Å². The molecule has 0 saturated carbocycles. The van der Waals surface area contributed by atoms with Crippen LogP contribution in [0, 0.1) is 13.8 Å². The molecular formula is C17H21BrN2O. The van der Waals surface area contributed by atoms with Crippen molar-refractivity contribution in [3.8, 4) is 5.75 Å². The van der Waals surface area contributed by atoms with Gasteiger partial charge >= 0.3 is 0 Å². The topological polar surface area (TPSA) is 47.3 Å². The van der Waals surface area contributed by atoms with E-state index in [1.54, 1.807) is 7.11 Å². The quantitative estimate of drug-likeness (QED) is 0.637. The smallest absolute Gasteiger partial charge is 0.119 e. The van der Waals surface area contributed by atoms with Gasteiger partial charge in [-0.2, -0.15) is 0 Å². The zero-order valence-corrected chi connectivity index (χ0v) is 14.2. The Morgan fingerprint density at radius 1 is 1.14 bits per heavy atom. The van der Waals surface area contributed by atoms with E-state index < -0.39 is 0 Å². The molecule has 2 rings (SSSR count). The van der Waals surface area contributed by atoms with Crippen LogP contribution in [-0.4, -0.2) is 7.11 Å². The Morgan fingerprint density at radius 3 is 2.38 bits per heavy atom. The first-order chi connectivity index (χ1) is 10.0. The van der Waals surface area contributed by atoms with Gasteiger partial charge in [-0.25, -0.2) is 0 Å². The molecule has 2 aromatic carbocycles. The number of hydrogen-bond acceptors (Lipinski definition) is 3. The van der Waals surface area contributed by atoms with Crippen molar-refractivity contribution in [1.82, 2.24) is 5.43 Å². The summed E-state index contributed by atoms with van der Waals surface area (Å²) >= 11 is 3.59. The van der Waals surface area contributed by atoms with Gasteiger partial charge in [-0.3, -0.25) is 11.3 Å². The highest BCUT2D eigenvalue weighted by atomic mass is 79.9. The molecule has 2 aromatic rings. The van der Waals surface area contributed by atoms with Gasteiger partial charge in [-0.05, 0) is 49.6 Å². The summed E-state index contributed by atoms with van der Waals surface area (Å²) in [5.41, 5.74) is 7.78. The highest BCUT2D eigenvalue weighted by Gasteiger charge is 2.14. The average Bonchev–Trinajstić information content (AvgIpc) is 2.45. The lowest BCUT2D eigenvalue weighted by molar-refractivity contribution is 0.413. The van der Waals surface area contributed by atoms with Crippen LogP contribution >= 0.6 is 15.9 Å². The first-order valence-electron chi connectivity index (χ1n) is 6.90. The molecule has 3 nitrogen and oxygen atoms in total. The largest absolute Gasteiger partial charge is 0.497 e. The van der Waals surface area contributed by atoms with Crippen molar-refractivity contribution >= 4 is 15.9 Å². The van der Waals surface area contributed by atoms with Crippen molar-refractivity contribution in [1.29, 1.82) is 0 Å². The predicted molar refractivity (Wildman–Crippen MR) is 90.4 cm³/mol. The summed E-state index contributed by atoms with van der Waals surface area (Å²) < 4.78 is 6.36. The fourth-order valence-electron chi connectivity index (χ4n) is 2.54. The lowest BCUT2D eigenvalue weighted by Gasteiger charge is -2.19. The number of hydrogen-bond donors (Lipinski definition) is 2. The predicted octanol–water partition coefficient (Wildman–Crippen LogP) is 3.82. The van der Waals surface area contributed by atoms with E-state index >= 15 is 0 Å². The van der Waals surface area contributed by atoms with Crippen LogP contribution in [-0.2, 0) is 6.42 Å². The van der Waals surface area contributed by atoms with Crippen molar-refractivity contribution in [2.75, 3.05) is 7.11 Å². The molecule has 0 heterocycles. The summed E-state index contributed by atoms with van der Waals surface area (Å²) in [4.78, 5) is 0. The Bertz CT molecular complexity index is 608. The van der Waals surface area contributed by atoms with Crippen molar-refractivity contribution < 1.29 is 4.74 Å². The minimum Gasteiger partial charge on any atom is -0.497 e. The molecule has 0 aromatic heterocycles. The van der Waals surface area contributed by atoms with Crippen molar-refractivity contribution in [3.63, 3.8) is 0 Å². The normalized spacial score (nSPS) is 12.2. The third-order valence-corrected chi connectivity index (χ3v) is 4.30. The zero-order valence-electron chi connectivity index (χ0n) is 12.6. The fraction of sp³-hybridized carbons (Fsp3) is 0.294. The van der Waals surface area contributed by atoms with E-state index in [1.807, 2.05) is 18.2 Å². The van der Waals surface area contributed by atoms with Crippen LogP contribution in [0.15, 0.2) is 40.9 Å². The van der Waals surface area contributed by atoms with E-state index in [2.05, 4.69) is 53.4 Å². The second-order valence-corrected chi connectivity index (χ2v) is 6.16. The number of methoxy groups -OCH3 is 1. The van der Waals surface area contributed by atoms with Crippen LogP contribution in [0.25, 0.3) is 0 Å². The van der Waals surface area contributed by atoms with Gasteiger partial charge in [0.15, 0.2) is 0 Å². The molecule has 0 spiro atoms. The standard InChI is InChI=1S/C17H21BrN2O/c1-11-6-12(2)8-14(7-11)17(20-19)10-13-9-15(21-3)4-5-16(13)18/h4-9,17,20H,10,19H2,1-3H3. The number of hydrazine groups is 1. The molecule has 0 fully saturated rings. The number of nitrogens with one attached hydrogen (secondary N) is 1. The molecule has 0 aliphatic heterocycles. The van der Waals surface area contributed by atoms with Gasteiger partial charge < -0.3 is 4.74 Å². The molecular weight excluding hydrogens is 328 g/mol. The molecule has 1 atom stereocenters. The molecule has 112 valence electrons. The molecule has 0 radical (unpaired) electrons. The van der Waals surface area contributed by atoms with Crippen LogP contribution in [0.2, 0.25) is 0 Å². The maximum Gasteiger partial charge on any atom is 0.119 e. The molecule has 0 saturated heterocycles. The molecule has 4 heteroatoms. The summed E-state index contributed by atoms with van der Waals surface area (Å²) in [6, 6.07) is 12.6. The first kappa shape index (κ1) is 16.0. The number of nitrogens with two attached hydrogens (primary N) is 1. The molecule has 0 bridgehead atoms. The molecule has 0 amide bonds. The van der Waals surface area contributed by atoms with Gasteiger partial charge in [0.2, 0.25) is 0 Å². The zero-order chi connectivity index (χ0) is 15.4. The van der Waals surface area contributed by atoms with Gasteiger partial charge in [-0.15, -0.1) is 0 Å². The Hall–Kier alpha value is -1.36. The Kier molecular flexibility index (Phi) is 5.39. The fourth-order valence-corrected chi connectivity index (χ4v) is 2.95. The maximum atomic E-state index is 5.78. The number of halogens is 1. The number of benzene rings is 2.